The van der Waals surface area contributed by atoms with Crippen LogP contribution in [0, 0.1) is 0 Å². The van der Waals surface area contributed by atoms with Crippen LogP contribution in [-0.4, -0.2) is 24.1 Å². The Bertz CT molecular complexity index is 341. The monoisotopic (exact) mass is 222 g/mol. The molecule has 0 saturated carbocycles. The van der Waals surface area contributed by atoms with E-state index in [9.17, 15) is 13.0 Å². The number of aromatic nitrogens is 2. The van der Waals surface area contributed by atoms with E-state index in [-0.39, 0.29) is 6.61 Å². The van der Waals surface area contributed by atoms with Gasteiger partial charge in [-0.1, -0.05) is 0 Å². The lowest BCUT2D eigenvalue weighted by Gasteiger charge is -2.02. The molecule has 0 aliphatic heterocycles. The van der Waals surface area contributed by atoms with Crippen LogP contribution >= 0.6 is 0 Å². The van der Waals surface area contributed by atoms with Gasteiger partial charge in [-0.3, -0.25) is 4.18 Å². The molecule has 1 heterocycles. The van der Waals surface area contributed by atoms with Crippen LogP contribution in [-0.2, 0) is 28.7 Å². The first-order valence-electron chi connectivity index (χ1n) is 3.92. The topological polar surface area (TPSA) is 75.2 Å². The largest absolute Gasteiger partial charge is 0.726 e. The van der Waals surface area contributed by atoms with Gasteiger partial charge in [0.15, 0.2) is 0 Å². The van der Waals surface area contributed by atoms with Crippen molar-refractivity contribution in [3.8, 4) is 0 Å². The van der Waals surface area contributed by atoms with Crippen molar-refractivity contribution in [1.82, 2.24) is 4.57 Å². The van der Waals surface area contributed by atoms with E-state index in [1.807, 2.05) is 42.0 Å². The summed E-state index contributed by atoms with van der Waals surface area (Å²) >= 11 is 0. The minimum absolute atomic E-state index is 0.0914. The SMILES string of the molecule is CCOS(=O)(=O)[O-].Cn1cc[n+](C)c1. The Kier molecular flexibility index (Phi) is 5.36. The molecule has 1 aromatic rings. The van der Waals surface area contributed by atoms with Crippen molar-refractivity contribution in [1.29, 1.82) is 0 Å². The van der Waals surface area contributed by atoms with Gasteiger partial charge in [-0.15, -0.1) is 0 Å². The molecule has 1 rings (SSSR count). The molecule has 1 aromatic heterocycles. The molecular weight excluding hydrogens is 208 g/mol. The van der Waals surface area contributed by atoms with Gasteiger partial charge in [-0.2, -0.15) is 0 Å². The van der Waals surface area contributed by atoms with Gasteiger partial charge in [0.25, 0.3) is 0 Å². The summed E-state index contributed by atoms with van der Waals surface area (Å²) in [5, 5.41) is 0. The van der Waals surface area contributed by atoms with Gasteiger partial charge in [0.2, 0.25) is 16.7 Å². The molecular formula is C7H14N2O4S. The molecule has 0 fully saturated rings. The zero-order valence-electron chi connectivity index (χ0n) is 8.37. The zero-order chi connectivity index (χ0) is 11.2. The molecule has 0 aliphatic rings. The molecule has 0 amide bonds. The highest BCUT2D eigenvalue weighted by atomic mass is 32.3. The summed E-state index contributed by atoms with van der Waals surface area (Å²) in [6.45, 7) is 1.33. The minimum Gasteiger partial charge on any atom is -0.726 e. The van der Waals surface area contributed by atoms with E-state index in [1.54, 1.807) is 0 Å². The molecule has 6 nitrogen and oxygen atoms in total. The number of nitrogens with zero attached hydrogens (tertiary/aromatic N) is 2. The van der Waals surface area contributed by atoms with Crippen LogP contribution < -0.4 is 4.57 Å². The van der Waals surface area contributed by atoms with Crippen LogP contribution in [0.5, 0.6) is 0 Å². The molecule has 0 unspecified atom stereocenters. The highest BCUT2D eigenvalue weighted by molar-refractivity contribution is 7.80. The molecule has 82 valence electrons. The maximum absolute atomic E-state index is 9.45. The van der Waals surface area contributed by atoms with Crippen molar-refractivity contribution in [2.75, 3.05) is 6.61 Å². The highest BCUT2D eigenvalue weighted by Gasteiger charge is 1.87. The van der Waals surface area contributed by atoms with E-state index in [2.05, 4.69) is 4.18 Å². The lowest BCUT2D eigenvalue weighted by molar-refractivity contribution is -0.670. The quantitative estimate of drug-likeness (QED) is 0.378. The second-order valence-corrected chi connectivity index (χ2v) is 3.61. The Hall–Kier alpha value is -0.920. The van der Waals surface area contributed by atoms with Crippen LogP contribution in [0.2, 0.25) is 0 Å². The molecule has 7 heteroatoms. The molecule has 0 aromatic carbocycles. The lowest BCUT2D eigenvalue weighted by Crippen LogP contribution is -2.23. The minimum atomic E-state index is -4.42. The van der Waals surface area contributed by atoms with Crippen molar-refractivity contribution < 1.29 is 21.7 Å². The maximum Gasteiger partial charge on any atom is 0.243 e. The van der Waals surface area contributed by atoms with Crippen LogP contribution in [0.1, 0.15) is 6.92 Å². The normalized spacial score (nSPS) is 10.6. The number of aryl methyl sites for hydroxylation is 2. The third-order valence-electron chi connectivity index (χ3n) is 1.16. The van der Waals surface area contributed by atoms with E-state index < -0.39 is 10.4 Å². The first-order chi connectivity index (χ1) is 6.35. The number of hydrogen-bond donors (Lipinski definition) is 0. The smallest absolute Gasteiger partial charge is 0.243 e. The van der Waals surface area contributed by atoms with Crippen molar-refractivity contribution in [3.63, 3.8) is 0 Å². The summed E-state index contributed by atoms with van der Waals surface area (Å²) in [6.07, 6.45) is 6.00. The fraction of sp³-hybridized carbons (Fsp3) is 0.571. The Labute approximate surface area is 83.7 Å². The fourth-order valence-electron chi connectivity index (χ4n) is 0.719. The summed E-state index contributed by atoms with van der Waals surface area (Å²) in [6, 6.07) is 0. The van der Waals surface area contributed by atoms with Crippen LogP contribution in [0.3, 0.4) is 0 Å². The van der Waals surface area contributed by atoms with Gasteiger partial charge in [0.05, 0.1) is 20.7 Å². The van der Waals surface area contributed by atoms with Crippen LogP contribution in [0.4, 0.5) is 0 Å². The maximum atomic E-state index is 9.45. The Morgan fingerprint density at radius 3 is 2.21 bits per heavy atom. The van der Waals surface area contributed by atoms with E-state index in [1.165, 1.54) is 6.92 Å². The zero-order valence-corrected chi connectivity index (χ0v) is 9.19. The molecule has 0 radical (unpaired) electrons. The number of imidazole rings is 1. The average molecular weight is 222 g/mol. The van der Waals surface area contributed by atoms with Gasteiger partial charge in [-0.25, -0.2) is 17.6 Å². The predicted octanol–water partition coefficient (Wildman–Crippen LogP) is -0.667. The Morgan fingerprint density at radius 1 is 1.57 bits per heavy atom. The van der Waals surface area contributed by atoms with E-state index in [0.717, 1.165) is 0 Å². The molecule has 0 atom stereocenters. The lowest BCUT2D eigenvalue weighted by atomic mass is 10.9. The van der Waals surface area contributed by atoms with Crippen molar-refractivity contribution in [2.24, 2.45) is 14.1 Å². The standard InChI is InChI=1S/C5H9N2.C2H6O4S/c1-6-3-4-7(2)5-6;1-2-6-7(3,4)5/h3-5H,1-2H3;2H2,1H3,(H,3,4,5)/q+1;/p-1. The predicted molar refractivity (Wildman–Crippen MR) is 47.9 cm³/mol. The van der Waals surface area contributed by atoms with Crippen LogP contribution in [0.15, 0.2) is 18.7 Å². The summed E-state index contributed by atoms with van der Waals surface area (Å²) in [5.74, 6) is 0. The summed E-state index contributed by atoms with van der Waals surface area (Å²) in [4.78, 5) is 0. The first kappa shape index (κ1) is 13.1. The van der Waals surface area contributed by atoms with Gasteiger partial charge >= 0.3 is 0 Å². The van der Waals surface area contributed by atoms with Crippen molar-refractivity contribution in [3.05, 3.63) is 18.7 Å². The van der Waals surface area contributed by atoms with E-state index >= 15 is 0 Å². The molecule has 0 spiro atoms. The van der Waals surface area contributed by atoms with Gasteiger partial charge < -0.3 is 4.55 Å². The first-order valence-corrected chi connectivity index (χ1v) is 5.26. The van der Waals surface area contributed by atoms with Crippen molar-refractivity contribution in [2.45, 2.75) is 6.92 Å². The highest BCUT2D eigenvalue weighted by Crippen LogP contribution is 1.80. The van der Waals surface area contributed by atoms with Crippen molar-refractivity contribution >= 4 is 10.4 Å². The van der Waals surface area contributed by atoms with Gasteiger partial charge in [0.1, 0.15) is 12.4 Å². The molecule has 0 N–H and O–H groups in total. The third-order valence-corrected chi connectivity index (χ3v) is 1.69. The Balaban J connectivity index is 0.000000241. The average Bonchev–Trinajstić information content (AvgIpc) is 2.33. The molecule has 14 heavy (non-hydrogen) atoms. The number of hydrogen-bond acceptors (Lipinski definition) is 4. The number of rotatable bonds is 2. The summed E-state index contributed by atoms with van der Waals surface area (Å²) in [5.41, 5.74) is 0. The van der Waals surface area contributed by atoms with Gasteiger partial charge in [0, 0.05) is 0 Å². The summed E-state index contributed by atoms with van der Waals surface area (Å²) < 4.78 is 36.0. The second-order valence-electron chi connectivity index (χ2n) is 2.56. The third kappa shape index (κ3) is 7.71. The van der Waals surface area contributed by atoms with Crippen LogP contribution in [0.25, 0.3) is 0 Å². The molecule has 0 bridgehead atoms. The molecule has 0 saturated heterocycles. The second kappa shape index (κ2) is 5.74. The molecule has 0 aliphatic carbocycles. The fourth-order valence-corrected chi connectivity index (χ4v) is 1.01. The van der Waals surface area contributed by atoms with Gasteiger partial charge in [-0.05, 0) is 6.92 Å². The van der Waals surface area contributed by atoms with E-state index in [0.29, 0.717) is 0 Å². The Morgan fingerprint density at radius 2 is 2.14 bits per heavy atom. The van der Waals surface area contributed by atoms with E-state index in [4.69, 9.17) is 0 Å². The summed E-state index contributed by atoms with van der Waals surface area (Å²) in [7, 11) is -0.424.